The zero-order chi connectivity index (χ0) is 53.1. The van der Waals surface area contributed by atoms with Crippen molar-refractivity contribution < 1.29 is 37.6 Å². The van der Waals surface area contributed by atoms with Gasteiger partial charge in [0.2, 0.25) is 0 Å². The van der Waals surface area contributed by atoms with Crippen molar-refractivity contribution >= 4 is 19.8 Å². The summed E-state index contributed by atoms with van der Waals surface area (Å²) in [7, 11) is -4.42. The van der Waals surface area contributed by atoms with Crippen molar-refractivity contribution in [3.63, 3.8) is 0 Å². The minimum absolute atomic E-state index is 0.0344. The van der Waals surface area contributed by atoms with Crippen LogP contribution in [0.4, 0.5) is 0 Å². The largest absolute Gasteiger partial charge is 0.472 e. The number of phosphoric ester groups is 1. The highest BCUT2D eigenvalue weighted by Crippen LogP contribution is 2.43. The molecular formula is C63H102NO8P. The van der Waals surface area contributed by atoms with Gasteiger partial charge in [0.05, 0.1) is 13.2 Å². The Labute approximate surface area is 446 Å². The van der Waals surface area contributed by atoms with E-state index in [1.165, 1.54) is 64.2 Å². The van der Waals surface area contributed by atoms with Gasteiger partial charge >= 0.3 is 19.8 Å². The third-order valence-corrected chi connectivity index (χ3v) is 12.2. The summed E-state index contributed by atoms with van der Waals surface area (Å²) in [5, 5.41) is 0. The van der Waals surface area contributed by atoms with Gasteiger partial charge in [-0.25, -0.2) is 4.57 Å². The lowest BCUT2D eigenvalue weighted by Crippen LogP contribution is -2.29. The SMILES string of the molecule is CC/C=C\C/C=C\C/C=C\C/C=C\C/C=C\C/C=C\C/C=C\C/C=C\C/C=C\CCCC(=O)OC(COC(=O)CCCCCCCCCC/C=C\C/C=C\C/C=C\CCCCCCC)COP(=O)(O)OCCN. The van der Waals surface area contributed by atoms with Crippen LogP contribution in [0.1, 0.15) is 206 Å². The van der Waals surface area contributed by atoms with Gasteiger partial charge in [-0.05, 0) is 116 Å². The first-order chi connectivity index (χ1) is 35.8. The lowest BCUT2D eigenvalue weighted by molar-refractivity contribution is -0.161. The first-order valence-electron chi connectivity index (χ1n) is 28.3. The Morgan fingerprint density at radius 2 is 0.767 bits per heavy atom. The number of hydrogen-bond acceptors (Lipinski definition) is 8. The van der Waals surface area contributed by atoms with Crippen LogP contribution < -0.4 is 5.73 Å². The molecule has 0 aromatic rings. The molecule has 0 saturated carbocycles. The van der Waals surface area contributed by atoms with E-state index in [0.717, 1.165) is 96.3 Å². The summed E-state index contributed by atoms with van der Waals surface area (Å²) in [6.07, 6.45) is 81.8. The summed E-state index contributed by atoms with van der Waals surface area (Å²) in [5.74, 6) is -0.918. The number of unbranched alkanes of at least 4 members (excludes halogenated alkanes) is 14. The smallest absolute Gasteiger partial charge is 0.462 e. The average molecular weight is 1030 g/mol. The molecule has 0 amide bonds. The van der Waals surface area contributed by atoms with Crippen molar-refractivity contribution in [2.45, 2.75) is 213 Å². The third-order valence-electron chi connectivity index (χ3n) is 11.2. The van der Waals surface area contributed by atoms with E-state index in [4.69, 9.17) is 24.3 Å². The molecule has 73 heavy (non-hydrogen) atoms. The number of rotatable bonds is 51. The van der Waals surface area contributed by atoms with Crippen molar-refractivity contribution in [3.8, 4) is 0 Å². The monoisotopic (exact) mass is 1030 g/mol. The zero-order valence-electron chi connectivity index (χ0n) is 45.8. The molecule has 0 aromatic heterocycles. The molecule has 0 aromatic carbocycles. The maximum atomic E-state index is 12.7. The lowest BCUT2D eigenvalue weighted by Gasteiger charge is -2.19. The Kier molecular flexibility index (Phi) is 54.0. The fourth-order valence-electron chi connectivity index (χ4n) is 7.05. The van der Waals surface area contributed by atoms with Gasteiger partial charge in [-0.2, -0.15) is 0 Å². The molecule has 2 unspecified atom stereocenters. The molecule has 0 aliphatic rings. The van der Waals surface area contributed by atoms with Gasteiger partial charge in [-0.3, -0.25) is 18.6 Å². The van der Waals surface area contributed by atoms with Gasteiger partial charge in [0.25, 0.3) is 0 Å². The van der Waals surface area contributed by atoms with Crippen LogP contribution in [-0.2, 0) is 32.7 Å². The zero-order valence-corrected chi connectivity index (χ0v) is 46.7. The number of carbonyl (C=O) groups is 2. The van der Waals surface area contributed by atoms with E-state index in [1.807, 2.05) is 6.08 Å². The molecule has 0 rings (SSSR count). The molecule has 0 spiro atoms. The minimum atomic E-state index is -4.42. The van der Waals surface area contributed by atoms with Crippen molar-refractivity contribution in [2.24, 2.45) is 5.73 Å². The number of phosphoric acid groups is 1. The van der Waals surface area contributed by atoms with Crippen LogP contribution in [0.5, 0.6) is 0 Å². The van der Waals surface area contributed by atoms with E-state index >= 15 is 0 Å². The van der Waals surface area contributed by atoms with Crippen molar-refractivity contribution in [2.75, 3.05) is 26.4 Å². The number of esters is 2. The summed E-state index contributed by atoms with van der Waals surface area (Å²) in [4.78, 5) is 35.1. The summed E-state index contributed by atoms with van der Waals surface area (Å²) >= 11 is 0. The second-order valence-electron chi connectivity index (χ2n) is 18.1. The van der Waals surface area contributed by atoms with Crippen LogP contribution in [0.25, 0.3) is 0 Å². The molecule has 0 aliphatic carbocycles. The van der Waals surface area contributed by atoms with E-state index in [-0.39, 0.29) is 32.6 Å². The highest BCUT2D eigenvalue weighted by molar-refractivity contribution is 7.47. The molecule has 0 saturated heterocycles. The second-order valence-corrected chi connectivity index (χ2v) is 19.5. The van der Waals surface area contributed by atoms with E-state index in [9.17, 15) is 19.0 Å². The maximum absolute atomic E-state index is 12.7. The quantitative estimate of drug-likeness (QED) is 0.0264. The van der Waals surface area contributed by atoms with Gasteiger partial charge in [0, 0.05) is 19.4 Å². The normalized spacial score (nSPS) is 14.2. The summed E-state index contributed by atoms with van der Waals surface area (Å²) < 4.78 is 32.9. The second kappa shape index (κ2) is 57.2. The predicted molar refractivity (Wildman–Crippen MR) is 311 cm³/mol. The van der Waals surface area contributed by atoms with Crippen LogP contribution in [-0.4, -0.2) is 49.3 Å². The summed E-state index contributed by atoms with van der Waals surface area (Å²) in [6, 6.07) is 0. The van der Waals surface area contributed by atoms with Crippen LogP contribution in [0.3, 0.4) is 0 Å². The molecule has 0 fully saturated rings. The predicted octanol–water partition coefficient (Wildman–Crippen LogP) is 18.0. The Morgan fingerprint density at radius 1 is 0.425 bits per heavy atom. The Bertz CT molecular complexity index is 1700. The van der Waals surface area contributed by atoms with Gasteiger partial charge in [-0.1, -0.05) is 224 Å². The van der Waals surface area contributed by atoms with Crippen molar-refractivity contribution in [3.05, 3.63) is 146 Å². The number of carbonyl (C=O) groups excluding carboxylic acids is 2. The highest BCUT2D eigenvalue weighted by Gasteiger charge is 2.26. The van der Waals surface area contributed by atoms with Crippen LogP contribution in [0, 0.1) is 0 Å². The lowest BCUT2D eigenvalue weighted by atomic mass is 10.1. The van der Waals surface area contributed by atoms with E-state index in [1.54, 1.807) is 0 Å². The van der Waals surface area contributed by atoms with Gasteiger partial charge < -0.3 is 20.1 Å². The molecule has 0 heterocycles. The molecule has 412 valence electrons. The molecule has 3 N–H and O–H groups in total. The molecule has 0 radical (unpaired) electrons. The van der Waals surface area contributed by atoms with Crippen molar-refractivity contribution in [1.82, 2.24) is 0 Å². The number of nitrogens with two attached hydrogens (primary N) is 1. The topological polar surface area (TPSA) is 134 Å². The summed E-state index contributed by atoms with van der Waals surface area (Å²) in [5.41, 5.74) is 5.37. The Hall–Kier alpha value is -4.11. The molecule has 10 heteroatoms. The van der Waals surface area contributed by atoms with Crippen molar-refractivity contribution in [1.29, 1.82) is 0 Å². The Balaban J connectivity index is 4.19. The standard InChI is InChI=1S/C63H102NO8P/c1-3-5-7-9-11-13-15-17-19-21-23-25-27-28-29-30-31-32-34-36-38-40-42-44-46-48-50-52-54-56-63(66)72-61(60-71-73(67,68)70-58-57-64)59-69-62(65)55-53-51-49-47-45-43-41-39-37-35-33-26-24-22-20-18-16-14-12-10-8-6-4-2/h5,7,11,13,16-19,22-25,28-29,31-33,35-36,38,42,44,48,50,61H,3-4,6,8-10,12,14-15,20-21,26-27,30,34,37,39-41,43,45-47,49,51-60,64H2,1-2H3,(H,67,68)/b7-5-,13-11-,18-16-,19-17-,24-22-,25-23-,29-28-,32-31-,35-33-,38-36-,44-42-,50-48-. The van der Waals surface area contributed by atoms with Crippen LogP contribution in [0.15, 0.2) is 146 Å². The number of ether oxygens (including phenoxy) is 2. The molecule has 0 bridgehead atoms. The van der Waals surface area contributed by atoms with Crippen LogP contribution >= 0.6 is 7.82 Å². The number of hydrogen-bond donors (Lipinski definition) is 2. The van der Waals surface area contributed by atoms with Crippen LogP contribution in [0.2, 0.25) is 0 Å². The Morgan fingerprint density at radius 3 is 1.16 bits per heavy atom. The third kappa shape index (κ3) is 57.0. The summed E-state index contributed by atoms with van der Waals surface area (Å²) in [6.45, 7) is 3.52. The van der Waals surface area contributed by atoms with Gasteiger partial charge in [0.1, 0.15) is 6.61 Å². The van der Waals surface area contributed by atoms with Gasteiger partial charge in [0.15, 0.2) is 6.10 Å². The minimum Gasteiger partial charge on any atom is -0.462 e. The fraction of sp³-hybridized carbons (Fsp3) is 0.587. The van der Waals surface area contributed by atoms with E-state index in [2.05, 4.69) is 154 Å². The first kappa shape index (κ1) is 68.9. The first-order valence-corrected chi connectivity index (χ1v) is 29.8. The van der Waals surface area contributed by atoms with E-state index in [0.29, 0.717) is 19.3 Å². The average Bonchev–Trinajstić information content (AvgIpc) is 3.38. The fourth-order valence-corrected chi connectivity index (χ4v) is 7.82. The molecular weight excluding hydrogens is 930 g/mol. The van der Waals surface area contributed by atoms with Gasteiger partial charge in [-0.15, -0.1) is 0 Å². The molecule has 9 nitrogen and oxygen atoms in total. The highest BCUT2D eigenvalue weighted by atomic mass is 31.2. The maximum Gasteiger partial charge on any atom is 0.472 e. The molecule has 2 atom stereocenters. The molecule has 0 aliphatic heterocycles. The number of allylic oxidation sites excluding steroid dienone is 24. The van der Waals surface area contributed by atoms with E-state index < -0.39 is 32.5 Å².